The molecule has 0 spiro atoms. The molecule has 40 valence electrons. The second kappa shape index (κ2) is 2.39. The molecule has 0 aromatic heterocycles. The van der Waals surface area contributed by atoms with Crippen molar-refractivity contribution in [1.82, 2.24) is 0 Å². The van der Waals surface area contributed by atoms with E-state index in [1.807, 2.05) is 6.08 Å². The average molecular weight is 107 g/mol. The van der Waals surface area contributed by atoms with Gasteiger partial charge in [0.15, 0.2) is 0 Å². The van der Waals surface area contributed by atoms with E-state index in [2.05, 4.69) is 6.08 Å². The highest BCUT2D eigenvalue weighted by molar-refractivity contribution is 5.76. The average Bonchev–Trinajstić information content (AvgIpc) is 1.90. The molecule has 0 N–H and O–H groups in total. The molecule has 1 nitrogen and oxygen atoms in total. The van der Waals surface area contributed by atoms with Crippen molar-refractivity contribution >= 4 is 6.29 Å². The third-order valence-electron chi connectivity index (χ3n) is 1.06. The first kappa shape index (κ1) is 5.20. The Kier molecular flexibility index (Phi) is 1.55. The van der Waals surface area contributed by atoms with Crippen molar-refractivity contribution in [1.29, 1.82) is 0 Å². The maximum Gasteiger partial charge on any atom is 0.265 e. The molecule has 0 saturated heterocycles. The van der Waals surface area contributed by atoms with Gasteiger partial charge in [0.1, 0.15) is 0 Å². The molecule has 0 aromatic carbocycles. The zero-order chi connectivity index (χ0) is 5.82. The molecule has 0 fully saturated rings. The van der Waals surface area contributed by atoms with Gasteiger partial charge in [-0.05, 0) is 6.08 Å². The Labute approximate surface area is 48.7 Å². The van der Waals surface area contributed by atoms with Gasteiger partial charge in [-0.3, -0.25) is 0 Å². The van der Waals surface area contributed by atoms with Gasteiger partial charge in [-0.1, -0.05) is 0 Å². The molecule has 0 unspecified atom stereocenters. The zero-order valence-electron chi connectivity index (χ0n) is 4.55. The number of allylic oxidation sites excluding steroid dienone is 4. The number of carbonyl (C=O) groups is 1. The van der Waals surface area contributed by atoms with Crippen molar-refractivity contribution in [3.63, 3.8) is 0 Å². The molecular formula is C7H7O+. The number of aldehydes is 1. The van der Waals surface area contributed by atoms with Gasteiger partial charge in [0.2, 0.25) is 5.57 Å². The van der Waals surface area contributed by atoms with Gasteiger partial charge >= 0.3 is 0 Å². The summed E-state index contributed by atoms with van der Waals surface area (Å²) < 4.78 is 0. The summed E-state index contributed by atoms with van der Waals surface area (Å²) in [6, 6.07) is 0. The predicted molar refractivity (Wildman–Crippen MR) is 31.2 cm³/mol. The van der Waals surface area contributed by atoms with E-state index in [1.54, 1.807) is 6.08 Å². The van der Waals surface area contributed by atoms with Crippen LogP contribution in [0.4, 0.5) is 0 Å². The van der Waals surface area contributed by atoms with Crippen LogP contribution < -0.4 is 0 Å². The van der Waals surface area contributed by atoms with Gasteiger partial charge in [-0.2, -0.15) is 0 Å². The molecule has 0 radical (unpaired) electrons. The van der Waals surface area contributed by atoms with E-state index in [9.17, 15) is 4.79 Å². The first-order valence-corrected chi connectivity index (χ1v) is 2.66. The second-order valence-electron chi connectivity index (χ2n) is 1.69. The lowest BCUT2D eigenvalue weighted by Crippen LogP contribution is -1.84. The minimum atomic E-state index is 0.691. The summed E-state index contributed by atoms with van der Waals surface area (Å²) in [5, 5.41) is 0. The summed E-state index contributed by atoms with van der Waals surface area (Å²) in [6.07, 6.45) is 9.47. The highest BCUT2D eigenvalue weighted by atomic mass is 16.1. The van der Waals surface area contributed by atoms with Crippen molar-refractivity contribution < 1.29 is 4.79 Å². The lowest BCUT2D eigenvalue weighted by Gasteiger charge is -1.85. The van der Waals surface area contributed by atoms with Crippen LogP contribution >= 0.6 is 0 Å². The lowest BCUT2D eigenvalue weighted by atomic mass is 10.1. The van der Waals surface area contributed by atoms with Crippen LogP contribution in [0.3, 0.4) is 0 Å². The molecule has 8 heavy (non-hydrogen) atoms. The smallest absolute Gasteiger partial charge is 0.218 e. The molecule has 0 saturated carbocycles. The topological polar surface area (TPSA) is 17.1 Å². The number of hydrogen-bond acceptors (Lipinski definition) is 1. The van der Waals surface area contributed by atoms with Crippen LogP contribution in [0.1, 0.15) is 12.8 Å². The van der Waals surface area contributed by atoms with E-state index in [0.717, 1.165) is 19.1 Å². The largest absolute Gasteiger partial charge is 0.265 e. The van der Waals surface area contributed by atoms with Crippen LogP contribution in [0.5, 0.6) is 0 Å². The Morgan fingerprint density at radius 2 is 2.62 bits per heavy atom. The van der Waals surface area contributed by atoms with Crippen LogP contribution in [0, 0.1) is 6.08 Å². The summed E-state index contributed by atoms with van der Waals surface area (Å²) in [4.78, 5) is 10.0. The van der Waals surface area contributed by atoms with Gasteiger partial charge < -0.3 is 0 Å². The minimum Gasteiger partial charge on any atom is -0.218 e. The predicted octanol–water partition coefficient (Wildman–Crippen LogP) is 1.26. The van der Waals surface area contributed by atoms with Crippen LogP contribution in [0.25, 0.3) is 0 Å². The van der Waals surface area contributed by atoms with E-state index in [-0.39, 0.29) is 0 Å². The number of hydrogen-bond donors (Lipinski definition) is 0. The Balaban J connectivity index is 2.64. The van der Waals surface area contributed by atoms with Gasteiger partial charge in [0.05, 0.1) is 12.5 Å². The van der Waals surface area contributed by atoms with Crippen LogP contribution in [0.2, 0.25) is 0 Å². The van der Waals surface area contributed by atoms with Gasteiger partial charge in [-0.15, -0.1) is 0 Å². The first-order chi connectivity index (χ1) is 3.93. The summed E-state index contributed by atoms with van der Waals surface area (Å²) in [5.41, 5.74) is 0.691. The monoisotopic (exact) mass is 107 g/mol. The molecular weight excluding hydrogens is 100 g/mol. The summed E-state index contributed by atoms with van der Waals surface area (Å²) in [6.45, 7) is 0. The normalized spacial score (nSPS) is 16.8. The van der Waals surface area contributed by atoms with Crippen molar-refractivity contribution in [3.05, 3.63) is 23.8 Å². The highest BCUT2D eigenvalue weighted by Gasteiger charge is 2.03. The Hall–Kier alpha value is -0.940. The molecule has 0 aromatic rings. The highest BCUT2D eigenvalue weighted by Crippen LogP contribution is 2.04. The Morgan fingerprint density at radius 1 is 1.75 bits per heavy atom. The number of carbonyl (C=O) groups excluding carboxylic acids is 1. The standard InChI is InChI=1S/C7H7O/c8-6-7-4-2-1-3-5-7/h2,4,6H,1,3H2/q+1. The SMILES string of the molecule is O=CC1=[C+]CCC=C1. The fraction of sp³-hybridized carbons (Fsp3) is 0.286. The molecule has 0 heterocycles. The third kappa shape index (κ3) is 1.02. The van der Waals surface area contributed by atoms with Crippen molar-refractivity contribution in [2.24, 2.45) is 0 Å². The van der Waals surface area contributed by atoms with Crippen LogP contribution in [0.15, 0.2) is 17.7 Å². The molecule has 0 bridgehead atoms. The van der Waals surface area contributed by atoms with E-state index >= 15 is 0 Å². The van der Waals surface area contributed by atoms with E-state index in [1.165, 1.54) is 0 Å². The quantitative estimate of drug-likeness (QED) is 0.364. The summed E-state index contributed by atoms with van der Waals surface area (Å²) in [7, 11) is 0. The Morgan fingerprint density at radius 3 is 3.00 bits per heavy atom. The van der Waals surface area contributed by atoms with E-state index < -0.39 is 0 Å². The zero-order valence-corrected chi connectivity index (χ0v) is 4.55. The number of rotatable bonds is 1. The minimum absolute atomic E-state index is 0.691. The molecule has 1 rings (SSSR count). The molecule has 1 heteroatoms. The maximum absolute atomic E-state index is 10.0. The fourth-order valence-electron chi connectivity index (χ4n) is 0.650. The molecule has 0 aliphatic heterocycles. The maximum atomic E-state index is 10.0. The second-order valence-corrected chi connectivity index (χ2v) is 1.69. The van der Waals surface area contributed by atoms with Gasteiger partial charge in [0, 0.05) is 12.5 Å². The molecule has 1 aliphatic rings. The van der Waals surface area contributed by atoms with Crippen molar-refractivity contribution in [3.8, 4) is 0 Å². The van der Waals surface area contributed by atoms with Crippen LogP contribution in [-0.4, -0.2) is 6.29 Å². The lowest BCUT2D eigenvalue weighted by molar-refractivity contribution is -0.104. The van der Waals surface area contributed by atoms with E-state index in [4.69, 9.17) is 0 Å². The van der Waals surface area contributed by atoms with Gasteiger partial charge in [0.25, 0.3) is 6.29 Å². The van der Waals surface area contributed by atoms with Gasteiger partial charge in [-0.25, -0.2) is 4.79 Å². The van der Waals surface area contributed by atoms with E-state index in [0.29, 0.717) is 5.57 Å². The van der Waals surface area contributed by atoms with Crippen LogP contribution in [-0.2, 0) is 4.79 Å². The Bertz CT molecular complexity index is 142. The summed E-state index contributed by atoms with van der Waals surface area (Å²) >= 11 is 0. The van der Waals surface area contributed by atoms with Crippen molar-refractivity contribution in [2.75, 3.05) is 0 Å². The third-order valence-corrected chi connectivity index (χ3v) is 1.06. The van der Waals surface area contributed by atoms with Crippen molar-refractivity contribution in [2.45, 2.75) is 12.8 Å². The molecule has 1 aliphatic carbocycles. The molecule has 0 amide bonds. The molecule has 0 atom stereocenters. The fourth-order valence-corrected chi connectivity index (χ4v) is 0.650. The summed E-state index contributed by atoms with van der Waals surface area (Å²) in [5.74, 6) is 0. The first-order valence-electron chi connectivity index (χ1n) is 2.66.